The molecule has 0 bridgehead atoms. The summed E-state index contributed by atoms with van der Waals surface area (Å²) < 4.78 is 28.8. The van der Waals surface area contributed by atoms with Gasteiger partial charge in [0, 0.05) is 39.9 Å². The van der Waals surface area contributed by atoms with Crippen LogP contribution in [0, 0.1) is 18.6 Å². The first kappa shape index (κ1) is 22.3. The number of hydrogen-bond donors (Lipinski definition) is 4. The van der Waals surface area contributed by atoms with Crippen LogP contribution in [0.3, 0.4) is 0 Å². The van der Waals surface area contributed by atoms with E-state index >= 15 is 0 Å². The Kier molecular flexibility index (Phi) is 5.91. The second kappa shape index (κ2) is 9.02. The summed E-state index contributed by atoms with van der Waals surface area (Å²) in [5.41, 5.74) is 1.94. The molecule has 1 saturated carbocycles. The Labute approximate surface area is 198 Å². The van der Waals surface area contributed by atoms with Crippen molar-refractivity contribution in [3.8, 4) is 11.4 Å². The highest BCUT2D eigenvalue weighted by atomic mass is 35.5. The normalized spacial score (nSPS) is 18.2. The smallest absolute Gasteiger partial charge is 0.271 e. The fraction of sp³-hybridized carbons (Fsp3) is 0.304. The second-order valence-corrected chi connectivity index (χ2v) is 8.95. The number of H-pyrrole nitrogens is 2. The van der Waals surface area contributed by atoms with Crippen molar-refractivity contribution in [1.29, 1.82) is 0 Å². The van der Waals surface area contributed by atoms with E-state index in [9.17, 15) is 13.6 Å². The van der Waals surface area contributed by atoms with Crippen LogP contribution in [-0.4, -0.2) is 43.1 Å². The molecule has 0 saturated heterocycles. The van der Waals surface area contributed by atoms with E-state index in [0.717, 1.165) is 31.2 Å². The Balaban J connectivity index is 1.33. The molecule has 176 valence electrons. The third-order valence-electron chi connectivity index (χ3n) is 5.98. The number of halogens is 3. The number of aromatic nitrogens is 5. The topological polar surface area (TPSA) is 111 Å². The molecule has 1 aliphatic rings. The molecule has 34 heavy (non-hydrogen) atoms. The lowest BCUT2D eigenvalue weighted by Crippen LogP contribution is -2.42. The number of carbonyl (C=O) groups is 1. The van der Waals surface area contributed by atoms with Gasteiger partial charge >= 0.3 is 0 Å². The quantitative estimate of drug-likeness (QED) is 0.326. The Morgan fingerprint density at radius 2 is 2.00 bits per heavy atom. The first-order valence-corrected chi connectivity index (χ1v) is 11.3. The van der Waals surface area contributed by atoms with Gasteiger partial charge in [-0.1, -0.05) is 11.6 Å². The SMILES string of the molecule is Cc1cc(C(=O)N[C@@H]2CCC[C@H](Nc3nc(-c4c[nH]c5c(F)cc(Cl)cc45)ncc3F)C2)n[nH]1. The van der Waals surface area contributed by atoms with Crippen LogP contribution < -0.4 is 10.6 Å². The molecule has 1 aliphatic carbocycles. The molecule has 5 rings (SSSR count). The molecule has 0 radical (unpaired) electrons. The Hall–Kier alpha value is -3.53. The molecular formula is C23H22ClF2N7O. The maximum atomic E-state index is 14.6. The zero-order valence-electron chi connectivity index (χ0n) is 18.3. The summed E-state index contributed by atoms with van der Waals surface area (Å²) in [5, 5.41) is 13.7. The Morgan fingerprint density at radius 3 is 2.79 bits per heavy atom. The number of benzene rings is 1. The number of hydrogen-bond acceptors (Lipinski definition) is 5. The van der Waals surface area contributed by atoms with Crippen molar-refractivity contribution in [2.45, 2.75) is 44.7 Å². The second-order valence-electron chi connectivity index (χ2n) is 8.52. The first-order chi connectivity index (χ1) is 16.4. The Morgan fingerprint density at radius 1 is 1.18 bits per heavy atom. The highest BCUT2D eigenvalue weighted by molar-refractivity contribution is 6.31. The molecule has 3 heterocycles. The number of carbonyl (C=O) groups excluding carboxylic acids is 1. The van der Waals surface area contributed by atoms with Crippen molar-refractivity contribution in [2.24, 2.45) is 0 Å². The van der Waals surface area contributed by atoms with Crippen molar-refractivity contribution < 1.29 is 13.6 Å². The van der Waals surface area contributed by atoms with E-state index in [1.54, 1.807) is 18.3 Å². The molecule has 0 unspecified atom stereocenters. The number of aryl methyl sites for hydroxylation is 1. The van der Waals surface area contributed by atoms with Crippen LogP contribution in [0.15, 0.2) is 30.6 Å². The lowest BCUT2D eigenvalue weighted by Gasteiger charge is -2.30. The van der Waals surface area contributed by atoms with Gasteiger partial charge in [-0.3, -0.25) is 9.89 Å². The van der Waals surface area contributed by atoms with Gasteiger partial charge in [0.05, 0.1) is 11.7 Å². The summed E-state index contributed by atoms with van der Waals surface area (Å²) in [7, 11) is 0. The fourth-order valence-corrected chi connectivity index (χ4v) is 4.58. The van der Waals surface area contributed by atoms with E-state index in [-0.39, 0.29) is 40.2 Å². The Bertz CT molecular complexity index is 1370. The summed E-state index contributed by atoms with van der Waals surface area (Å²) >= 11 is 6.01. The maximum absolute atomic E-state index is 14.6. The van der Waals surface area contributed by atoms with E-state index < -0.39 is 11.6 Å². The molecule has 11 heteroatoms. The molecule has 8 nitrogen and oxygen atoms in total. The minimum absolute atomic E-state index is 0.0572. The van der Waals surface area contributed by atoms with Gasteiger partial charge in [0.15, 0.2) is 17.5 Å². The van der Waals surface area contributed by atoms with E-state index in [0.29, 0.717) is 23.1 Å². The number of nitrogens with one attached hydrogen (secondary N) is 4. The predicted molar refractivity (Wildman–Crippen MR) is 125 cm³/mol. The molecule has 4 N–H and O–H groups in total. The van der Waals surface area contributed by atoms with E-state index in [1.807, 2.05) is 6.92 Å². The van der Waals surface area contributed by atoms with E-state index in [4.69, 9.17) is 11.6 Å². The number of amides is 1. The van der Waals surface area contributed by atoms with Gasteiger partial charge in [-0.05, 0) is 50.8 Å². The molecule has 0 aliphatic heterocycles. The summed E-state index contributed by atoms with van der Waals surface area (Å²) in [5.74, 6) is -1.02. The zero-order chi connectivity index (χ0) is 23.8. The average molecular weight is 486 g/mol. The minimum Gasteiger partial charge on any atom is -0.365 e. The van der Waals surface area contributed by atoms with Crippen molar-refractivity contribution in [2.75, 3.05) is 5.32 Å². The van der Waals surface area contributed by atoms with Crippen LogP contribution in [0.5, 0.6) is 0 Å². The van der Waals surface area contributed by atoms with Crippen LogP contribution >= 0.6 is 11.6 Å². The van der Waals surface area contributed by atoms with E-state index in [2.05, 4.69) is 35.8 Å². The fourth-order valence-electron chi connectivity index (χ4n) is 4.38. The van der Waals surface area contributed by atoms with Crippen molar-refractivity contribution >= 4 is 34.2 Å². The standard InChI is InChI=1S/C23H22ClF2N7O/c1-11-5-19(33-32-11)23(34)30-14-4-2-3-13(8-14)29-22-18(26)10-28-21(31-22)16-9-27-20-15(16)6-12(24)7-17(20)25/h5-7,9-10,13-14,27H,2-4,8H2,1H3,(H,30,34)(H,32,33)(H,28,29,31)/t13-,14+/m0/s1. The van der Waals surface area contributed by atoms with Crippen LogP contribution in [0.4, 0.5) is 14.6 Å². The maximum Gasteiger partial charge on any atom is 0.271 e. The number of anilines is 1. The third kappa shape index (κ3) is 4.45. The predicted octanol–water partition coefficient (Wildman–Crippen LogP) is 4.74. The van der Waals surface area contributed by atoms with Crippen LogP contribution in [-0.2, 0) is 0 Å². The summed E-state index contributed by atoms with van der Waals surface area (Å²) in [6, 6.07) is 4.36. The van der Waals surface area contributed by atoms with Crippen LogP contribution in [0.2, 0.25) is 5.02 Å². The summed E-state index contributed by atoms with van der Waals surface area (Å²) in [4.78, 5) is 23.8. The first-order valence-electron chi connectivity index (χ1n) is 11.0. The molecule has 3 aromatic heterocycles. The van der Waals surface area contributed by atoms with E-state index in [1.165, 1.54) is 6.07 Å². The van der Waals surface area contributed by atoms with Gasteiger partial charge in [0.2, 0.25) is 0 Å². The van der Waals surface area contributed by atoms with Crippen molar-refractivity contribution in [3.05, 3.63) is 58.6 Å². The lowest BCUT2D eigenvalue weighted by atomic mass is 9.91. The van der Waals surface area contributed by atoms with Crippen LogP contribution in [0.25, 0.3) is 22.3 Å². The number of aromatic amines is 2. The van der Waals surface area contributed by atoms with Crippen LogP contribution in [0.1, 0.15) is 41.9 Å². The molecule has 0 spiro atoms. The van der Waals surface area contributed by atoms with Gasteiger partial charge in [0.1, 0.15) is 11.5 Å². The summed E-state index contributed by atoms with van der Waals surface area (Å²) in [6.45, 7) is 1.83. The number of rotatable bonds is 5. The largest absolute Gasteiger partial charge is 0.365 e. The van der Waals surface area contributed by atoms with Gasteiger partial charge < -0.3 is 15.6 Å². The molecule has 2 atom stereocenters. The van der Waals surface area contributed by atoms with Gasteiger partial charge in [-0.25, -0.2) is 18.7 Å². The summed E-state index contributed by atoms with van der Waals surface area (Å²) in [6.07, 6.45) is 5.77. The van der Waals surface area contributed by atoms with Crippen molar-refractivity contribution in [1.82, 2.24) is 30.5 Å². The average Bonchev–Trinajstić information content (AvgIpc) is 3.42. The highest BCUT2D eigenvalue weighted by Crippen LogP contribution is 2.31. The van der Waals surface area contributed by atoms with Gasteiger partial charge in [-0.15, -0.1) is 0 Å². The number of nitrogens with zero attached hydrogens (tertiary/aromatic N) is 3. The highest BCUT2D eigenvalue weighted by Gasteiger charge is 2.26. The molecular weight excluding hydrogens is 464 g/mol. The van der Waals surface area contributed by atoms with Gasteiger partial charge in [-0.2, -0.15) is 5.10 Å². The number of fused-ring (bicyclic) bond motifs is 1. The molecule has 4 aromatic rings. The third-order valence-corrected chi connectivity index (χ3v) is 6.20. The molecule has 1 amide bonds. The minimum atomic E-state index is -0.592. The van der Waals surface area contributed by atoms with Gasteiger partial charge in [0.25, 0.3) is 5.91 Å². The zero-order valence-corrected chi connectivity index (χ0v) is 19.0. The monoisotopic (exact) mass is 485 g/mol. The molecule has 1 aromatic carbocycles. The lowest BCUT2D eigenvalue weighted by molar-refractivity contribution is 0.0921. The molecule has 1 fully saturated rings. The van der Waals surface area contributed by atoms with Crippen molar-refractivity contribution in [3.63, 3.8) is 0 Å².